The fourth-order valence-electron chi connectivity index (χ4n) is 0.969. The fourth-order valence-corrected chi connectivity index (χ4v) is 3.04. The van der Waals surface area contributed by atoms with Crippen LogP contribution in [0.1, 0.15) is 4.88 Å². The standard InChI is InChI=1S/C10H14BrNS2.ClH/c1-2-6-13-7-5-12-8-9-3-4-10(11)14-9;/h2-4,12H,1,5-8H2;1H. The second kappa shape index (κ2) is 9.73. The molecule has 0 saturated carbocycles. The van der Waals surface area contributed by atoms with E-state index in [9.17, 15) is 0 Å². The van der Waals surface area contributed by atoms with Gasteiger partial charge in [0.15, 0.2) is 0 Å². The van der Waals surface area contributed by atoms with Gasteiger partial charge in [-0.2, -0.15) is 11.8 Å². The molecule has 0 aliphatic heterocycles. The van der Waals surface area contributed by atoms with E-state index in [-0.39, 0.29) is 12.4 Å². The summed E-state index contributed by atoms with van der Waals surface area (Å²) in [5, 5.41) is 3.41. The van der Waals surface area contributed by atoms with Crippen molar-refractivity contribution in [2.75, 3.05) is 18.1 Å². The maximum Gasteiger partial charge on any atom is 0.0701 e. The Hall–Kier alpha value is 0.520. The Labute approximate surface area is 114 Å². The monoisotopic (exact) mass is 327 g/mol. The molecular formula is C10H15BrClNS2. The molecule has 0 bridgehead atoms. The van der Waals surface area contributed by atoms with Gasteiger partial charge in [-0.15, -0.1) is 30.3 Å². The molecule has 1 nitrogen and oxygen atoms in total. The molecule has 0 atom stereocenters. The molecule has 15 heavy (non-hydrogen) atoms. The molecule has 1 aromatic rings. The normalized spacial score (nSPS) is 9.67. The third-order valence-electron chi connectivity index (χ3n) is 1.59. The summed E-state index contributed by atoms with van der Waals surface area (Å²) in [4.78, 5) is 1.38. The van der Waals surface area contributed by atoms with Crippen LogP contribution in [0.3, 0.4) is 0 Å². The van der Waals surface area contributed by atoms with Crippen LogP contribution in [-0.2, 0) is 6.54 Å². The van der Waals surface area contributed by atoms with E-state index in [2.05, 4.69) is 40.0 Å². The summed E-state index contributed by atoms with van der Waals surface area (Å²) in [6.07, 6.45) is 1.95. The summed E-state index contributed by atoms with van der Waals surface area (Å²) in [6, 6.07) is 4.24. The summed E-state index contributed by atoms with van der Waals surface area (Å²) in [5.74, 6) is 2.20. The molecule has 1 N–H and O–H groups in total. The molecule has 0 spiro atoms. The minimum absolute atomic E-state index is 0. The van der Waals surface area contributed by atoms with E-state index in [1.54, 1.807) is 11.3 Å². The van der Waals surface area contributed by atoms with Crippen molar-refractivity contribution in [3.05, 3.63) is 33.5 Å². The van der Waals surface area contributed by atoms with Gasteiger partial charge in [0.25, 0.3) is 0 Å². The van der Waals surface area contributed by atoms with Crippen LogP contribution in [0.5, 0.6) is 0 Å². The van der Waals surface area contributed by atoms with Gasteiger partial charge in [-0.1, -0.05) is 6.08 Å². The zero-order chi connectivity index (χ0) is 10.2. The highest BCUT2D eigenvalue weighted by Crippen LogP contribution is 2.21. The van der Waals surface area contributed by atoms with Crippen LogP contribution in [0.25, 0.3) is 0 Å². The van der Waals surface area contributed by atoms with Crippen molar-refractivity contribution < 1.29 is 0 Å². The van der Waals surface area contributed by atoms with E-state index >= 15 is 0 Å². The van der Waals surface area contributed by atoms with Crippen LogP contribution < -0.4 is 5.32 Å². The topological polar surface area (TPSA) is 12.0 Å². The number of thiophene rings is 1. The highest BCUT2D eigenvalue weighted by atomic mass is 79.9. The van der Waals surface area contributed by atoms with Crippen LogP contribution in [0.15, 0.2) is 28.6 Å². The SMILES string of the molecule is C=CCSCCNCc1ccc(Br)s1.Cl. The van der Waals surface area contributed by atoms with Crippen molar-refractivity contribution in [3.63, 3.8) is 0 Å². The van der Waals surface area contributed by atoms with E-state index in [1.807, 2.05) is 17.8 Å². The van der Waals surface area contributed by atoms with Crippen LogP contribution in [0.4, 0.5) is 0 Å². The van der Waals surface area contributed by atoms with Crippen molar-refractivity contribution in [1.82, 2.24) is 5.32 Å². The second-order valence-electron chi connectivity index (χ2n) is 2.75. The number of nitrogens with one attached hydrogen (secondary N) is 1. The predicted octanol–water partition coefficient (Wildman–Crippen LogP) is 3.94. The molecule has 0 radical (unpaired) electrons. The summed E-state index contributed by atoms with van der Waals surface area (Å²) in [7, 11) is 0. The highest BCUT2D eigenvalue weighted by molar-refractivity contribution is 9.11. The number of thioether (sulfide) groups is 1. The zero-order valence-electron chi connectivity index (χ0n) is 8.37. The van der Waals surface area contributed by atoms with Crippen molar-refractivity contribution in [3.8, 4) is 0 Å². The summed E-state index contributed by atoms with van der Waals surface area (Å²) in [5.41, 5.74) is 0. The molecule has 0 aromatic carbocycles. The van der Waals surface area contributed by atoms with Gasteiger partial charge in [0.05, 0.1) is 3.79 Å². The number of hydrogen-bond acceptors (Lipinski definition) is 3. The van der Waals surface area contributed by atoms with Gasteiger partial charge in [-0.3, -0.25) is 0 Å². The molecule has 0 saturated heterocycles. The third-order valence-corrected chi connectivity index (χ3v) is 4.17. The van der Waals surface area contributed by atoms with Gasteiger partial charge in [0.1, 0.15) is 0 Å². The minimum Gasteiger partial charge on any atom is -0.311 e. The average molecular weight is 329 g/mol. The average Bonchev–Trinajstić information content (AvgIpc) is 2.58. The van der Waals surface area contributed by atoms with E-state index in [1.165, 1.54) is 8.66 Å². The first-order valence-electron chi connectivity index (χ1n) is 4.46. The molecule has 0 unspecified atom stereocenters. The molecule has 1 aromatic heterocycles. The summed E-state index contributed by atoms with van der Waals surface area (Å²) in [6.45, 7) is 5.72. The van der Waals surface area contributed by atoms with Gasteiger partial charge in [-0.05, 0) is 28.1 Å². The Morgan fingerprint density at radius 2 is 2.33 bits per heavy atom. The van der Waals surface area contributed by atoms with Gasteiger partial charge < -0.3 is 5.32 Å². The number of halogens is 2. The molecule has 0 aliphatic rings. The van der Waals surface area contributed by atoms with Crippen LogP contribution >= 0.6 is 51.4 Å². The van der Waals surface area contributed by atoms with E-state index in [0.29, 0.717) is 0 Å². The first-order valence-corrected chi connectivity index (χ1v) is 7.23. The highest BCUT2D eigenvalue weighted by Gasteiger charge is 1.96. The van der Waals surface area contributed by atoms with E-state index in [0.717, 1.165) is 24.6 Å². The molecular weight excluding hydrogens is 314 g/mol. The maximum atomic E-state index is 3.68. The van der Waals surface area contributed by atoms with Gasteiger partial charge >= 0.3 is 0 Å². The van der Waals surface area contributed by atoms with Crippen LogP contribution in [0, 0.1) is 0 Å². The summed E-state index contributed by atoms with van der Waals surface area (Å²) >= 11 is 7.15. The van der Waals surface area contributed by atoms with Gasteiger partial charge in [-0.25, -0.2) is 0 Å². The lowest BCUT2D eigenvalue weighted by Gasteiger charge is -2.01. The quantitative estimate of drug-likeness (QED) is 0.601. The molecule has 86 valence electrons. The largest absolute Gasteiger partial charge is 0.311 e. The predicted molar refractivity (Wildman–Crippen MR) is 78.5 cm³/mol. The van der Waals surface area contributed by atoms with Crippen LogP contribution in [0.2, 0.25) is 0 Å². The Morgan fingerprint density at radius 1 is 1.53 bits per heavy atom. The first-order chi connectivity index (χ1) is 6.83. The van der Waals surface area contributed by atoms with Crippen LogP contribution in [-0.4, -0.2) is 18.1 Å². The third kappa shape index (κ3) is 7.41. The summed E-state index contributed by atoms with van der Waals surface area (Å²) < 4.78 is 1.20. The van der Waals surface area contributed by atoms with Crippen molar-refractivity contribution in [2.45, 2.75) is 6.54 Å². The lowest BCUT2D eigenvalue weighted by Crippen LogP contribution is -2.15. The van der Waals surface area contributed by atoms with Gasteiger partial charge in [0.2, 0.25) is 0 Å². The maximum absolute atomic E-state index is 3.68. The fraction of sp³-hybridized carbons (Fsp3) is 0.400. The molecule has 5 heteroatoms. The second-order valence-corrected chi connectivity index (χ2v) is 6.44. The zero-order valence-corrected chi connectivity index (χ0v) is 12.4. The van der Waals surface area contributed by atoms with Crippen molar-refractivity contribution in [2.24, 2.45) is 0 Å². The van der Waals surface area contributed by atoms with Crippen molar-refractivity contribution >= 4 is 51.4 Å². The minimum atomic E-state index is 0. The lowest BCUT2D eigenvalue weighted by molar-refractivity contribution is 0.741. The Balaban J connectivity index is 0.00000196. The number of hydrogen-bond donors (Lipinski definition) is 1. The molecule has 0 fully saturated rings. The first kappa shape index (κ1) is 15.5. The molecule has 1 rings (SSSR count). The Morgan fingerprint density at radius 3 is 2.93 bits per heavy atom. The van der Waals surface area contributed by atoms with E-state index < -0.39 is 0 Å². The Bertz CT molecular complexity index is 278. The Kier molecular flexibility index (Phi) is 10.1. The number of rotatable bonds is 7. The molecule has 0 aliphatic carbocycles. The smallest absolute Gasteiger partial charge is 0.0701 e. The van der Waals surface area contributed by atoms with Gasteiger partial charge in [0, 0.05) is 29.5 Å². The van der Waals surface area contributed by atoms with E-state index in [4.69, 9.17) is 0 Å². The molecule has 0 amide bonds. The lowest BCUT2D eigenvalue weighted by atomic mass is 10.4. The van der Waals surface area contributed by atoms with Crippen molar-refractivity contribution in [1.29, 1.82) is 0 Å². The molecule has 1 heterocycles.